The number of nitrogens with zero attached hydrogens (tertiary/aromatic N) is 1. The van der Waals surface area contributed by atoms with Crippen LogP contribution in [-0.2, 0) is 0 Å². The summed E-state index contributed by atoms with van der Waals surface area (Å²) in [5.74, 6) is 0.856. The zero-order valence-corrected chi connectivity index (χ0v) is 10.9. The van der Waals surface area contributed by atoms with Crippen LogP contribution < -0.4 is 9.09 Å². The number of ether oxygens (including phenoxy) is 1. The molecule has 2 nitrogen and oxygen atoms in total. The third-order valence-electron chi connectivity index (χ3n) is 2.19. The molecule has 0 bridgehead atoms. The Hall–Kier alpha value is -1.27. The summed E-state index contributed by atoms with van der Waals surface area (Å²) in [7, 11) is 1.67. The second-order valence-electron chi connectivity index (χ2n) is 3.18. The second kappa shape index (κ2) is 4.50. The number of rotatable bonds is 2. The van der Waals surface area contributed by atoms with E-state index < -0.39 is 0 Å². The van der Waals surface area contributed by atoms with Crippen LogP contribution >= 0.6 is 0 Å². The molecule has 0 aliphatic heterocycles. The van der Waals surface area contributed by atoms with Gasteiger partial charge in [0.1, 0.15) is 0 Å². The summed E-state index contributed by atoms with van der Waals surface area (Å²) in [5.41, 5.74) is 2.13. The first-order valence-corrected chi connectivity index (χ1v) is 5.87. The van der Waals surface area contributed by atoms with Crippen molar-refractivity contribution in [2.24, 2.45) is 0 Å². The minimum absolute atomic E-state index is 0.856. The van der Waals surface area contributed by atoms with Gasteiger partial charge >= 0.3 is 97.6 Å². The van der Waals surface area contributed by atoms with Crippen LogP contribution in [0, 0.1) is 0 Å². The van der Waals surface area contributed by atoms with Crippen LogP contribution in [0.5, 0.6) is 5.75 Å². The van der Waals surface area contributed by atoms with Crippen molar-refractivity contribution >= 4 is 21.2 Å². The van der Waals surface area contributed by atoms with Gasteiger partial charge in [0, 0.05) is 0 Å². The van der Waals surface area contributed by atoms with E-state index in [1.165, 1.54) is 4.35 Å². The zero-order chi connectivity index (χ0) is 10.7. The summed E-state index contributed by atoms with van der Waals surface area (Å²) in [6.45, 7) is 0. The van der Waals surface area contributed by atoms with E-state index >= 15 is 0 Å². The van der Waals surface area contributed by atoms with Crippen LogP contribution in [0.15, 0.2) is 42.6 Å². The number of aromatic nitrogens is 1. The van der Waals surface area contributed by atoms with Crippen molar-refractivity contribution in [3.63, 3.8) is 0 Å². The fraction of sp³-hybridized carbons (Fsp3) is 0.0833. The van der Waals surface area contributed by atoms with E-state index in [1.807, 2.05) is 18.2 Å². The molecule has 1 heterocycles. The average molecular weight is 261 g/mol. The molecule has 0 spiro atoms. The molecular weight excluding hydrogens is 249 g/mol. The van der Waals surface area contributed by atoms with Crippen molar-refractivity contribution in [3.8, 4) is 17.0 Å². The molecule has 1 unspecified atom stereocenters. The predicted octanol–water partition coefficient (Wildman–Crippen LogP) is 1.02. The van der Waals surface area contributed by atoms with Crippen LogP contribution in [0.2, 0.25) is 0 Å². The third kappa shape index (κ3) is 2.21. The molecular formula is C12H12AsNO. The van der Waals surface area contributed by atoms with Crippen LogP contribution in [-0.4, -0.2) is 28.9 Å². The zero-order valence-electron chi connectivity index (χ0n) is 8.47. The van der Waals surface area contributed by atoms with Crippen LogP contribution in [0.1, 0.15) is 0 Å². The molecule has 0 aliphatic rings. The van der Waals surface area contributed by atoms with Gasteiger partial charge in [-0.3, -0.25) is 0 Å². The Morgan fingerprint density at radius 1 is 1.20 bits per heavy atom. The van der Waals surface area contributed by atoms with Gasteiger partial charge in [0.05, 0.1) is 0 Å². The molecule has 0 saturated carbocycles. The molecule has 2 rings (SSSR count). The molecule has 0 aliphatic carbocycles. The number of methoxy groups -OCH3 is 1. The second-order valence-corrected chi connectivity index (χ2v) is 4.48. The van der Waals surface area contributed by atoms with E-state index in [0.29, 0.717) is 0 Å². The molecule has 15 heavy (non-hydrogen) atoms. The molecule has 1 aromatic carbocycles. The van der Waals surface area contributed by atoms with Crippen molar-refractivity contribution in [1.82, 2.24) is 4.98 Å². The van der Waals surface area contributed by atoms with E-state index in [2.05, 4.69) is 23.2 Å². The average Bonchev–Trinajstić information content (AvgIpc) is 2.30. The summed E-state index contributed by atoms with van der Waals surface area (Å²) in [4.78, 5) is 4.37. The Bertz CT molecular complexity index is 456. The minimum atomic E-state index is 0.856. The summed E-state index contributed by atoms with van der Waals surface area (Å²) >= 11 is 1.55. The summed E-state index contributed by atoms with van der Waals surface area (Å²) in [6.07, 6.45) is 1.78. The van der Waals surface area contributed by atoms with E-state index in [9.17, 15) is 0 Å². The Labute approximate surface area is 97.8 Å². The molecule has 2 aromatic rings. The maximum atomic E-state index is 5.19. The van der Waals surface area contributed by atoms with Crippen LogP contribution in [0.3, 0.4) is 0 Å². The first-order valence-electron chi connectivity index (χ1n) is 4.66. The number of benzene rings is 1. The van der Waals surface area contributed by atoms with E-state index in [-0.39, 0.29) is 0 Å². The Kier molecular flexibility index (Phi) is 3.07. The molecule has 0 amide bonds. The van der Waals surface area contributed by atoms with Crippen molar-refractivity contribution in [2.45, 2.75) is 0 Å². The van der Waals surface area contributed by atoms with Crippen molar-refractivity contribution < 1.29 is 4.74 Å². The molecule has 76 valence electrons. The van der Waals surface area contributed by atoms with Gasteiger partial charge < -0.3 is 0 Å². The Morgan fingerprint density at radius 2 is 1.93 bits per heavy atom. The Morgan fingerprint density at radius 3 is 2.53 bits per heavy atom. The molecule has 0 fully saturated rings. The monoisotopic (exact) mass is 261 g/mol. The van der Waals surface area contributed by atoms with E-state index in [0.717, 1.165) is 17.0 Å². The molecule has 0 saturated heterocycles. The fourth-order valence-electron chi connectivity index (χ4n) is 1.40. The Balaban J connectivity index is 2.43. The van der Waals surface area contributed by atoms with Crippen molar-refractivity contribution in [2.75, 3.05) is 7.11 Å². The van der Waals surface area contributed by atoms with Crippen LogP contribution in [0.25, 0.3) is 11.3 Å². The van der Waals surface area contributed by atoms with Gasteiger partial charge in [0.15, 0.2) is 0 Å². The summed E-state index contributed by atoms with van der Waals surface area (Å²) in [6, 6.07) is 12.2. The van der Waals surface area contributed by atoms with E-state index in [4.69, 9.17) is 4.74 Å². The molecule has 1 aromatic heterocycles. The van der Waals surface area contributed by atoms with Gasteiger partial charge in [0.2, 0.25) is 0 Å². The van der Waals surface area contributed by atoms with Gasteiger partial charge in [-0.15, -0.1) is 0 Å². The van der Waals surface area contributed by atoms with Crippen molar-refractivity contribution in [3.05, 3.63) is 42.6 Å². The first kappa shape index (κ1) is 10.3. The fourth-order valence-corrected chi connectivity index (χ4v) is 2.13. The quantitative estimate of drug-likeness (QED) is 0.753. The van der Waals surface area contributed by atoms with Crippen molar-refractivity contribution in [1.29, 1.82) is 0 Å². The molecule has 0 N–H and O–H groups in total. The normalized spacial score (nSPS) is 10.0. The van der Waals surface area contributed by atoms with Gasteiger partial charge in [-0.1, -0.05) is 0 Å². The van der Waals surface area contributed by atoms with Gasteiger partial charge in [0.25, 0.3) is 0 Å². The maximum absolute atomic E-state index is 5.19. The van der Waals surface area contributed by atoms with Crippen LogP contribution in [0.4, 0.5) is 0 Å². The first-order chi connectivity index (χ1) is 7.31. The standard InChI is InChI=1S/C12H12AsNO/c1-15-12-8-14-11(7-10(12)13)9-5-3-2-4-6-9/h2-8H,13H2,1H3. The van der Waals surface area contributed by atoms with Gasteiger partial charge in [-0.2, -0.15) is 0 Å². The van der Waals surface area contributed by atoms with Gasteiger partial charge in [-0.25, -0.2) is 0 Å². The third-order valence-corrected chi connectivity index (χ3v) is 3.13. The topological polar surface area (TPSA) is 22.1 Å². The molecule has 1 atom stereocenters. The molecule has 0 radical (unpaired) electrons. The summed E-state index contributed by atoms with van der Waals surface area (Å²) in [5, 5.41) is 0. The van der Waals surface area contributed by atoms with E-state index in [1.54, 1.807) is 30.2 Å². The number of hydrogen-bond acceptors (Lipinski definition) is 2. The predicted molar refractivity (Wildman–Crippen MR) is 64.4 cm³/mol. The number of pyridine rings is 1. The number of hydrogen-bond donors (Lipinski definition) is 0. The van der Waals surface area contributed by atoms with Gasteiger partial charge in [-0.05, 0) is 0 Å². The summed E-state index contributed by atoms with van der Waals surface area (Å²) < 4.78 is 6.35. The SMILES string of the molecule is COc1cnc(-c2ccccc2)cc1[AsH2]. The molecule has 3 heteroatoms.